The van der Waals surface area contributed by atoms with Crippen LogP contribution in [0.15, 0.2) is 36.4 Å². The third-order valence-corrected chi connectivity index (χ3v) is 4.80. The maximum atomic E-state index is 10.5. The van der Waals surface area contributed by atoms with E-state index in [1.165, 1.54) is 0 Å². The van der Waals surface area contributed by atoms with Crippen LogP contribution in [-0.2, 0) is 0 Å². The number of rotatable bonds is 6. The lowest BCUT2D eigenvalue weighted by Gasteiger charge is -2.23. The second kappa shape index (κ2) is 7.85. The number of hydrogen-bond acceptors (Lipinski definition) is 6. The van der Waals surface area contributed by atoms with Crippen molar-refractivity contribution in [3.05, 3.63) is 47.5 Å². The summed E-state index contributed by atoms with van der Waals surface area (Å²) >= 11 is 0. The van der Waals surface area contributed by atoms with Gasteiger partial charge in [0, 0.05) is 23.6 Å². The summed E-state index contributed by atoms with van der Waals surface area (Å²) in [7, 11) is 3.26. The van der Waals surface area contributed by atoms with Crippen LogP contribution in [0.2, 0.25) is 0 Å². The molecule has 3 unspecified atom stereocenters. The molecule has 140 valence electrons. The van der Waals surface area contributed by atoms with Gasteiger partial charge < -0.3 is 19.3 Å². The molecule has 0 radical (unpaired) electrons. The maximum Gasteiger partial charge on any atom is 0.160 e. The van der Waals surface area contributed by atoms with Gasteiger partial charge in [-0.05, 0) is 37.6 Å². The van der Waals surface area contributed by atoms with Crippen LogP contribution in [0.1, 0.15) is 36.9 Å². The number of nitrogens with one attached hydrogen (secondary N) is 2. The molecule has 1 heterocycles. The second-order valence-electron chi connectivity index (χ2n) is 6.35. The molecule has 0 bridgehead atoms. The summed E-state index contributed by atoms with van der Waals surface area (Å²) < 4.78 is 16.3. The van der Waals surface area contributed by atoms with Gasteiger partial charge in [0.25, 0.3) is 0 Å². The van der Waals surface area contributed by atoms with E-state index < -0.39 is 0 Å². The first-order chi connectivity index (χ1) is 12.6. The van der Waals surface area contributed by atoms with Gasteiger partial charge in [0.2, 0.25) is 0 Å². The fraction of sp³-hybridized carbons (Fsp3) is 0.400. The predicted molar refractivity (Wildman–Crippen MR) is 100 cm³/mol. The fourth-order valence-corrected chi connectivity index (χ4v) is 3.54. The Kier molecular flexibility index (Phi) is 5.54. The van der Waals surface area contributed by atoms with Gasteiger partial charge in [0.1, 0.15) is 11.5 Å². The Morgan fingerprint density at radius 2 is 1.77 bits per heavy atom. The quantitative estimate of drug-likeness (QED) is 0.737. The topological polar surface area (TPSA) is 72.0 Å². The van der Waals surface area contributed by atoms with E-state index in [1.807, 2.05) is 37.3 Å². The summed E-state index contributed by atoms with van der Waals surface area (Å²) in [5.74, 6) is 2.38. The fourth-order valence-electron chi connectivity index (χ4n) is 3.54. The number of phenols is 1. The maximum absolute atomic E-state index is 10.5. The van der Waals surface area contributed by atoms with Gasteiger partial charge in [-0.25, -0.2) is 5.43 Å². The lowest BCUT2D eigenvalue weighted by molar-refractivity contribution is 0.336. The van der Waals surface area contributed by atoms with Crippen LogP contribution in [0.3, 0.4) is 0 Å². The van der Waals surface area contributed by atoms with Crippen molar-refractivity contribution in [1.82, 2.24) is 10.9 Å². The van der Waals surface area contributed by atoms with Crippen LogP contribution in [0.4, 0.5) is 0 Å². The number of hydrazine groups is 1. The molecule has 3 rings (SSSR count). The molecule has 0 aromatic heterocycles. The van der Waals surface area contributed by atoms with E-state index in [2.05, 4.69) is 17.8 Å². The molecule has 1 fully saturated rings. The Balaban J connectivity index is 1.96. The molecule has 3 N–H and O–H groups in total. The van der Waals surface area contributed by atoms with E-state index in [-0.39, 0.29) is 23.8 Å². The molecule has 2 aromatic rings. The Morgan fingerprint density at radius 1 is 1.00 bits per heavy atom. The van der Waals surface area contributed by atoms with Crippen molar-refractivity contribution in [2.45, 2.75) is 31.8 Å². The monoisotopic (exact) mass is 358 g/mol. The first-order valence-corrected chi connectivity index (χ1v) is 8.77. The number of benzene rings is 2. The minimum absolute atomic E-state index is 0.0845. The van der Waals surface area contributed by atoms with Crippen LogP contribution in [0.25, 0.3) is 0 Å². The van der Waals surface area contributed by atoms with Gasteiger partial charge in [-0.2, -0.15) is 0 Å². The Hall–Kier alpha value is -2.44. The Morgan fingerprint density at radius 3 is 2.42 bits per heavy atom. The number of methoxy groups -OCH3 is 2. The lowest BCUT2D eigenvalue weighted by atomic mass is 9.84. The van der Waals surface area contributed by atoms with Gasteiger partial charge in [0.05, 0.1) is 26.9 Å². The summed E-state index contributed by atoms with van der Waals surface area (Å²) in [6, 6.07) is 11.5. The molecule has 0 amide bonds. The summed E-state index contributed by atoms with van der Waals surface area (Å²) in [6.07, 6.45) is 0. The standard InChI is InChI=1S/C20H26N2O4/c1-5-26-14-7-8-15(16(23)11-14)20-19(12(2)21-22-20)13-6-9-17(24-3)18(10-13)25-4/h6-12,19-23H,5H2,1-4H3. The molecule has 6 nitrogen and oxygen atoms in total. The third kappa shape index (κ3) is 3.43. The SMILES string of the molecule is CCOc1ccc(C2NNC(C)C2c2ccc(OC)c(OC)c2)c(O)c1. The summed E-state index contributed by atoms with van der Waals surface area (Å²) in [4.78, 5) is 0. The molecule has 0 spiro atoms. The molecule has 26 heavy (non-hydrogen) atoms. The minimum atomic E-state index is -0.0845. The Bertz CT molecular complexity index is 765. The Labute approximate surface area is 154 Å². The van der Waals surface area contributed by atoms with Crippen molar-refractivity contribution in [3.63, 3.8) is 0 Å². The highest BCUT2D eigenvalue weighted by Crippen LogP contribution is 2.43. The van der Waals surface area contributed by atoms with Crippen molar-refractivity contribution in [1.29, 1.82) is 0 Å². The largest absolute Gasteiger partial charge is 0.507 e. The molecule has 0 aliphatic carbocycles. The zero-order valence-electron chi connectivity index (χ0n) is 15.6. The number of hydrogen-bond donors (Lipinski definition) is 3. The molecule has 1 aliphatic rings. The average molecular weight is 358 g/mol. The van der Waals surface area contributed by atoms with E-state index in [9.17, 15) is 5.11 Å². The zero-order chi connectivity index (χ0) is 18.7. The molecule has 1 saturated heterocycles. The van der Waals surface area contributed by atoms with Crippen molar-refractivity contribution < 1.29 is 19.3 Å². The van der Waals surface area contributed by atoms with Gasteiger partial charge in [-0.3, -0.25) is 5.43 Å². The highest BCUT2D eigenvalue weighted by Gasteiger charge is 2.37. The number of phenolic OH excluding ortho intramolecular Hbond substituents is 1. The van der Waals surface area contributed by atoms with E-state index in [1.54, 1.807) is 20.3 Å². The molecule has 2 aromatic carbocycles. The number of aromatic hydroxyl groups is 1. The van der Waals surface area contributed by atoms with Gasteiger partial charge >= 0.3 is 0 Å². The van der Waals surface area contributed by atoms with Crippen LogP contribution < -0.4 is 25.1 Å². The number of ether oxygens (including phenoxy) is 3. The normalized spacial score (nSPS) is 22.2. The van der Waals surface area contributed by atoms with E-state index in [4.69, 9.17) is 14.2 Å². The first-order valence-electron chi connectivity index (χ1n) is 8.77. The van der Waals surface area contributed by atoms with Crippen molar-refractivity contribution >= 4 is 0 Å². The van der Waals surface area contributed by atoms with Crippen LogP contribution in [-0.4, -0.2) is 32.0 Å². The van der Waals surface area contributed by atoms with Crippen molar-refractivity contribution in [2.24, 2.45) is 0 Å². The summed E-state index contributed by atoms with van der Waals surface area (Å²) in [6.45, 7) is 4.59. The van der Waals surface area contributed by atoms with E-state index in [0.29, 0.717) is 23.9 Å². The molecule has 1 aliphatic heterocycles. The molecule has 6 heteroatoms. The molecule has 0 saturated carbocycles. The molecular weight excluding hydrogens is 332 g/mol. The molecular formula is C20H26N2O4. The summed E-state index contributed by atoms with van der Waals surface area (Å²) in [5.41, 5.74) is 8.52. The van der Waals surface area contributed by atoms with E-state index >= 15 is 0 Å². The highest BCUT2D eigenvalue weighted by atomic mass is 16.5. The smallest absolute Gasteiger partial charge is 0.160 e. The van der Waals surface area contributed by atoms with Crippen LogP contribution in [0, 0.1) is 0 Å². The zero-order valence-corrected chi connectivity index (χ0v) is 15.6. The van der Waals surface area contributed by atoms with Gasteiger partial charge in [0.15, 0.2) is 11.5 Å². The average Bonchev–Trinajstić information content (AvgIpc) is 3.02. The van der Waals surface area contributed by atoms with Crippen LogP contribution >= 0.6 is 0 Å². The minimum Gasteiger partial charge on any atom is -0.507 e. The third-order valence-electron chi connectivity index (χ3n) is 4.80. The van der Waals surface area contributed by atoms with E-state index in [0.717, 1.165) is 11.1 Å². The van der Waals surface area contributed by atoms with Crippen molar-refractivity contribution in [2.75, 3.05) is 20.8 Å². The van der Waals surface area contributed by atoms with Crippen molar-refractivity contribution in [3.8, 4) is 23.0 Å². The lowest BCUT2D eigenvalue weighted by Crippen LogP contribution is -2.29. The summed E-state index contributed by atoms with van der Waals surface area (Å²) in [5, 5.41) is 10.5. The van der Waals surface area contributed by atoms with Crippen LogP contribution in [0.5, 0.6) is 23.0 Å². The second-order valence-corrected chi connectivity index (χ2v) is 6.35. The van der Waals surface area contributed by atoms with Gasteiger partial charge in [-0.15, -0.1) is 0 Å². The molecule has 3 atom stereocenters. The first kappa shape index (κ1) is 18.4. The highest BCUT2D eigenvalue weighted by molar-refractivity contribution is 5.48. The predicted octanol–water partition coefficient (Wildman–Crippen LogP) is 3.13. The van der Waals surface area contributed by atoms with Gasteiger partial charge in [-0.1, -0.05) is 12.1 Å².